The van der Waals surface area contributed by atoms with E-state index in [0.717, 1.165) is 19.3 Å². The van der Waals surface area contributed by atoms with Crippen molar-refractivity contribution in [1.29, 1.82) is 0 Å². The van der Waals surface area contributed by atoms with Crippen LogP contribution in [0.1, 0.15) is 49.9 Å². The predicted molar refractivity (Wildman–Crippen MR) is 93.9 cm³/mol. The zero-order valence-corrected chi connectivity index (χ0v) is 14.8. The number of benzene rings is 1. The molecule has 0 aliphatic heterocycles. The van der Waals surface area contributed by atoms with Crippen molar-refractivity contribution in [3.63, 3.8) is 0 Å². The normalized spacial score (nSPS) is 21.0. The summed E-state index contributed by atoms with van der Waals surface area (Å²) in [6.45, 7) is 3.39. The topological polar surface area (TPSA) is 84.5 Å². The molecule has 6 heteroatoms. The van der Waals surface area contributed by atoms with Crippen LogP contribution in [-0.4, -0.2) is 36.5 Å². The van der Waals surface area contributed by atoms with Gasteiger partial charge in [-0.3, -0.25) is 14.4 Å². The number of rotatable bonds is 6. The van der Waals surface area contributed by atoms with Crippen LogP contribution < -0.4 is 10.6 Å². The molecule has 1 fully saturated rings. The van der Waals surface area contributed by atoms with E-state index in [1.165, 1.54) is 6.42 Å². The monoisotopic (exact) mass is 346 g/mol. The highest BCUT2D eigenvalue weighted by Crippen LogP contribution is 2.23. The maximum Gasteiger partial charge on any atom is 0.326 e. The van der Waals surface area contributed by atoms with Crippen molar-refractivity contribution in [3.8, 4) is 0 Å². The van der Waals surface area contributed by atoms with E-state index in [4.69, 9.17) is 4.74 Å². The Hall–Kier alpha value is -2.37. The van der Waals surface area contributed by atoms with Crippen molar-refractivity contribution < 1.29 is 19.1 Å². The Morgan fingerprint density at radius 1 is 1.16 bits per heavy atom. The number of nitrogens with one attached hydrogen (secondary N) is 2. The summed E-state index contributed by atoms with van der Waals surface area (Å²) in [5, 5.41) is 5.45. The van der Waals surface area contributed by atoms with Crippen LogP contribution in [0.5, 0.6) is 0 Å². The summed E-state index contributed by atoms with van der Waals surface area (Å²) in [6, 6.07) is 8.74. The lowest BCUT2D eigenvalue weighted by molar-refractivity contribution is -0.154. The van der Waals surface area contributed by atoms with Crippen LogP contribution in [0, 0.1) is 5.92 Å². The number of hydrogen-bond donors (Lipinski definition) is 2. The van der Waals surface area contributed by atoms with Crippen LogP contribution in [-0.2, 0) is 14.3 Å². The summed E-state index contributed by atoms with van der Waals surface area (Å²) < 4.78 is 5.11. The third-order valence-electron chi connectivity index (χ3n) is 4.55. The third kappa shape index (κ3) is 5.89. The average molecular weight is 346 g/mol. The first-order chi connectivity index (χ1) is 12.0. The Morgan fingerprint density at radius 3 is 2.52 bits per heavy atom. The molecule has 2 N–H and O–H groups in total. The van der Waals surface area contributed by atoms with E-state index in [9.17, 15) is 14.4 Å². The first-order valence-electron chi connectivity index (χ1n) is 8.80. The fourth-order valence-electron chi connectivity index (χ4n) is 2.97. The molecule has 6 nitrogen and oxygen atoms in total. The first-order valence-corrected chi connectivity index (χ1v) is 8.80. The second kappa shape index (κ2) is 9.20. The number of esters is 1. The van der Waals surface area contributed by atoms with Crippen LogP contribution in [0.25, 0.3) is 0 Å². The minimum absolute atomic E-state index is 0.139. The predicted octanol–water partition coefficient (Wildman–Crippen LogP) is 2.04. The summed E-state index contributed by atoms with van der Waals surface area (Å²) in [5.74, 6) is -0.846. The van der Waals surface area contributed by atoms with Gasteiger partial charge in [0, 0.05) is 11.6 Å². The summed E-state index contributed by atoms with van der Waals surface area (Å²) in [5.41, 5.74) is 0.465. The van der Waals surface area contributed by atoms with Gasteiger partial charge < -0.3 is 15.4 Å². The fraction of sp³-hybridized carbons (Fsp3) is 0.526. The van der Waals surface area contributed by atoms with E-state index in [0.29, 0.717) is 11.5 Å². The molecule has 2 amide bonds. The highest BCUT2D eigenvalue weighted by molar-refractivity contribution is 5.96. The van der Waals surface area contributed by atoms with Crippen LogP contribution in [0.3, 0.4) is 0 Å². The van der Waals surface area contributed by atoms with Crippen molar-refractivity contribution in [2.24, 2.45) is 5.92 Å². The Kier molecular flexibility index (Phi) is 6.98. The molecule has 1 aromatic rings. The summed E-state index contributed by atoms with van der Waals surface area (Å²) >= 11 is 0. The lowest BCUT2D eigenvalue weighted by atomic mass is 9.86. The number of ether oxygens (including phenoxy) is 1. The smallest absolute Gasteiger partial charge is 0.326 e. The molecule has 0 bridgehead atoms. The molecule has 25 heavy (non-hydrogen) atoms. The van der Waals surface area contributed by atoms with Gasteiger partial charge in [-0.15, -0.1) is 0 Å². The summed E-state index contributed by atoms with van der Waals surface area (Å²) in [7, 11) is 0. The molecular weight excluding hydrogens is 320 g/mol. The quantitative estimate of drug-likeness (QED) is 0.772. The van der Waals surface area contributed by atoms with Gasteiger partial charge in [0.2, 0.25) is 0 Å². The molecule has 136 valence electrons. The van der Waals surface area contributed by atoms with Gasteiger partial charge in [0.05, 0.1) is 0 Å². The van der Waals surface area contributed by atoms with Gasteiger partial charge in [-0.1, -0.05) is 38.0 Å². The number of carbonyl (C=O) groups excluding carboxylic acids is 3. The van der Waals surface area contributed by atoms with Crippen molar-refractivity contribution in [2.45, 2.75) is 51.7 Å². The van der Waals surface area contributed by atoms with Gasteiger partial charge in [0.25, 0.3) is 11.8 Å². The van der Waals surface area contributed by atoms with Crippen LogP contribution in [0.15, 0.2) is 30.3 Å². The molecular formula is C19H26N2O4. The summed E-state index contributed by atoms with van der Waals surface area (Å²) in [4.78, 5) is 35.9. The minimum atomic E-state index is -0.879. The number of carbonyl (C=O) groups is 3. The number of hydrogen-bond acceptors (Lipinski definition) is 4. The highest BCUT2D eigenvalue weighted by Gasteiger charge is 2.26. The van der Waals surface area contributed by atoms with Crippen LogP contribution >= 0.6 is 0 Å². The van der Waals surface area contributed by atoms with E-state index in [1.807, 2.05) is 0 Å². The van der Waals surface area contributed by atoms with Crippen molar-refractivity contribution in [1.82, 2.24) is 10.6 Å². The maximum absolute atomic E-state index is 12.2. The summed E-state index contributed by atoms with van der Waals surface area (Å²) in [6.07, 6.45) is 3.48. The fourth-order valence-corrected chi connectivity index (χ4v) is 2.97. The van der Waals surface area contributed by atoms with E-state index in [1.54, 1.807) is 37.3 Å². The number of amides is 2. The lowest BCUT2D eigenvalue weighted by Crippen LogP contribution is -2.46. The Labute approximate surface area is 148 Å². The molecule has 0 spiro atoms. The van der Waals surface area contributed by atoms with E-state index < -0.39 is 12.1 Å². The molecule has 0 heterocycles. The van der Waals surface area contributed by atoms with Gasteiger partial charge in [-0.25, -0.2) is 0 Å². The highest BCUT2D eigenvalue weighted by atomic mass is 16.5. The van der Waals surface area contributed by atoms with Crippen LogP contribution in [0.2, 0.25) is 0 Å². The first kappa shape index (κ1) is 19.0. The molecule has 2 rings (SSSR count). The molecule has 0 saturated heterocycles. The molecule has 3 atom stereocenters. The standard InChI is InChI=1S/C19H26N2O4/c1-13-8-6-7-11-16(13)21-18(23)14(2)25-17(22)12-20-19(24)15-9-4-3-5-10-15/h3-5,9-10,13-14,16H,6-8,11-12H2,1-2H3,(H,20,24)(H,21,23)/t13-,14+,16-/m0/s1. The minimum Gasteiger partial charge on any atom is -0.451 e. The van der Waals surface area contributed by atoms with Gasteiger partial charge in [-0.2, -0.15) is 0 Å². The molecule has 1 saturated carbocycles. The van der Waals surface area contributed by atoms with Crippen molar-refractivity contribution >= 4 is 17.8 Å². The van der Waals surface area contributed by atoms with Gasteiger partial charge in [0.1, 0.15) is 6.54 Å². The van der Waals surface area contributed by atoms with Gasteiger partial charge in [-0.05, 0) is 37.8 Å². The van der Waals surface area contributed by atoms with Crippen LogP contribution in [0.4, 0.5) is 0 Å². The van der Waals surface area contributed by atoms with Gasteiger partial charge >= 0.3 is 5.97 Å². The Bertz CT molecular complexity index is 603. The zero-order chi connectivity index (χ0) is 18.2. The SMILES string of the molecule is C[C@@H](OC(=O)CNC(=O)c1ccccc1)C(=O)N[C@H]1CCCC[C@@H]1C. The Balaban J connectivity index is 1.73. The third-order valence-corrected chi connectivity index (χ3v) is 4.55. The van der Waals surface area contributed by atoms with E-state index >= 15 is 0 Å². The maximum atomic E-state index is 12.2. The molecule has 1 aromatic carbocycles. The molecule has 1 aliphatic rings. The second-order valence-corrected chi connectivity index (χ2v) is 6.56. The average Bonchev–Trinajstić information content (AvgIpc) is 2.62. The largest absolute Gasteiger partial charge is 0.451 e. The van der Waals surface area contributed by atoms with Gasteiger partial charge in [0.15, 0.2) is 6.10 Å². The lowest BCUT2D eigenvalue weighted by Gasteiger charge is -2.30. The molecule has 0 unspecified atom stereocenters. The van der Waals surface area contributed by atoms with Crippen molar-refractivity contribution in [3.05, 3.63) is 35.9 Å². The van der Waals surface area contributed by atoms with Crippen molar-refractivity contribution in [2.75, 3.05) is 6.54 Å². The molecule has 0 aromatic heterocycles. The van der Waals surface area contributed by atoms with E-state index in [2.05, 4.69) is 17.6 Å². The second-order valence-electron chi connectivity index (χ2n) is 6.56. The van der Waals surface area contributed by atoms with E-state index in [-0.39, 0.29) is 24.4 Å². The molecule has 1 aliphatic carbocycles. The zero-order valence-electron chi connectivity index (χ0n) is 14.8. The Morgan fingerprint density at radius 2 is 1.84 bits per heavy atom. The molecule has 0 radical (unpaired) electrons.